The summed E-state index contributed by atoms with van der Waals surface area (Å²) in [4.78, 5) is 7.12. The highest BCUT2D eigenvalue weighted by atomic mass is 79.9. The Labute approximate surface area is 226 Å². The fourth-order valence-electron chi connectivity index (χ4n) is 4.85. The standard InChI is InChI=1S/C19H22N2O2.C12H11BrO/c1-12(2)19(22,18-10-20-11-21-18)15-6-7-16-13(3)17(23-4)8-5-14(16)9-15;1-8-11-5-4-10(13)7-9(11)3-6-12(8)14-2/h5-12,22H,1-4H3,(H,20,21);3-7H,1-2H3. The number of benzene rings is 4. The second kappa shape index (κ2) is 11.0. The van der Waals surface area contributed by atoms with E-state index < -0.39 is 5.60 Å². The van der Waals surface area contributed by atoms with E-state index in [1.807, 2.05) is 57.2 Å². The summed E-state index contributed by atoms with van der Waals surface area (Å²) in [7, 11) is 3.38. The maximum Gasteiger partial charge on any atom is 0.133 e. The first-order valence-corrected chi connectivity index (χ1v) is 13.0. The number of rotatable bonds is 5. The molecule has 0 amide bonds. The largest absolute Gasteiger partial charge is 0.496 e. The molecule has 5 rings (SSSR count). The van der Waals surface area contributed by atoms with E-state index in [9.17, 15) is 5.11 Å². The third-order valence-electron chi connectivity index (χ3n) is 7.07. The molecule has 192 valence electrons. The van der Waals surface area contributed by atoms with Crippen molar-refractivity contribution in [3.8, 4) is 11.5 Å². The SMILES string of the molecule is COc1ccc2cc(Br)ccc2c1C.COc1ccc2cc(C(O)(c3cnc[nH]3)C(C)C)ccc2c1C. The second-order valence-electron chi connectivity index (χ2n) is 9.47. The molecule has 0 aliphatic carbocycles. The van der Waals surface area contributed by atoms with Crippen molar-refractivity contribution in [2.75, 3.05) is 14.2 Å². The molecule has 1 atom stereocenters. The van der Waals surface area contributed by atoms with Gasteiger partial charge < -0.3 is 19.6 Å². The number of halogens is 1. The smallest absolute Gasteiger partial charge is 0.133 e. The maximum absolute atomic E-state index is 11.4. The molecule has 0 aliphatic rings. The van der Waals surface area contributed by atoms with E-state index in [1.54, 1.807) is 26.7 Å². The van der Waals surface area contributed by atoms with Crippen molar-refractivity contribution in [1.29, 1.82) is 0 Å². The van der Waals surface area contributed by atoms with Gasteiger partial charge in [-0.25, -0.2) is 4.98 Å². The molecular weight excluding hydrogens is 528 g/mol. The van der Waals surface area contributed by atoms with Crippen LogP contribution >= 0.6 is 15.9 Å². The third-order valence-corrected chi connectivity index (χ3v) is 7.56. The van der Waals surface area contributed by atoms with Gasteiger partial charge in [0.15, 0.2) is 0 Å². The molecule has 0 saturated heterocycles. The normalized spacial score (nSPS) is 12.8. The molecule has 0 saturated carbocycles. The van der Waals surface area contributed by atoms with E-state index in [4.69, 9.17) is 9.47 Å². The number of aliphatic hydroxyl groups is 1. The fourth-order valence-corrected chi connectivity index (χ4v) is 5.22. The number of hydrogen-bond donors (Lipinski definition) is 2. The van der Waals surface area contributed by atoms with Gasteiger partial charge in [-0.2, -0.15) is 0 Å². The van der Waals surface area contributed by atoms with Crippen LogP contribution in [0.4, 0.5) is 0 Å². The first-order valence-electron chi connectivity index (χ1n) is 12.2. The van der Waals surface area contributed by atoms with Gasteiger partial charge in [0.25, 0.3) is 0 Å². The van der Waals surface area contributed by atoms with Crippen LogP contribution in [0.2, 0.25) is 0 Å². The summed E-state index contributed by atoms with van der Waals surface area (Å²) in [5.41, 5.74) is 2.76. The lowest BCUT2D eigenvalue weighted by atomic mass is 9.80. The molecule has 0 fully saturated rings. The van der Waals surface area contributed by atoms with Crippen molar-refractivity contribution in [2.24, 2.45) is 5.92 Å². The molecule has 4 aromatic carbocycles. The van der Waals surface area contributed by atoms with E-state index >= 15 is 0 Å². The molecular formula is C31H33BrN2O3. The molecule has 0 aliphatic heterocycles. The molecule has 2 N–H and O–H groups in total. The average molecular weight is 562 g/mol. The van der Waals surface area contributed by atoms with Crippen LogP contribution in [0.3, 0.4) is 0 Å². The highest BCUT2D eigenvalue weighted by Gasteiger charge is 2.36. The van der Waals surface area contributed by atoms with Gasteiger partial charge in [0, 0.05) is 4.47 Å². The molecule has 0 spiro atoms. The summed E-state index contributed by atoms with van der Waals surface area (Å²) >= 11 is 3.46. The average Bonchev–Trinajstić information content (AvgIpc) is 3.44. The first-order chi connectivity index (χ1) is 17.7. The Bertz CT molecular complexity index is 1530. The van der Waals surface area contributed by atoms with Crippen LogP contribution in [0, 0.1) is 19.8 Å². The van der Waals surface area contributed by atoms with E-state index in [-0.39, 0.29) is 5.92 Å². The molecule has 0 radical (unpaired) electrons. The van der Waals surface area contributed by atoms with Gasteiger partial charge >= 0.3 is 0 Å². The summed E-state index contributed by atoms with van der Waals surface area (Å²) in [5.74, 6) is 1.82. The molecule has 6 heteroatoms. The Kier molecular flexibility index (Phi) is 7.90. The van der Waals surface area contributed by atoms with Crippen LogP contribution in [-0.2, 0) is 5.60 Å². The highest BCUT2D eigenvalue weighted by molar-refractivity contribution is 9.10. The van der Waals surface area contributed by atoms with Gasteiger partial charge in [-0.15, -0.1) is 0 Å². The minimum atomic E-state index is -1.10. The van der Waals surface area contributed by atoms with Crippen molar-refractivity contribution >= 4 is 37.5 Å². The quantitative estimate of drug-likeness (QED) is 0.231. The minimum Gasteiger partial charge on any atom is -0.496 e. The van der Waals surface area contributed by atoms with Gasteiger partial charge in [-0.3, -0.25) is 0 Å². The van der Waals surface area contributed by atoms with Crippen molar-refractivity contribution in [2.45, 2.75) is 33.3 Å². The third kappa shape index (κ3) is 5.09. The number of fused-ring (bicyclic) bond motifs is 2. The number of aromatic nitrogens is 2. The van der Waals surface area contributed by atoms with Crippen LogP contribution in [0.5, 0.6) is 11.5 Å². The molecule has 5 nitrogen and oxygen atoms in total. The Balaban J connectivity index is 0.000000195. The Morgan fingerprint density at radius 2 is 1.41 bits per heavy atom. The molecule has 1 heterocycles. The van der Waals surface area contributed by atoms with Crippen molar-refractivity contribution < 1.29 is 14.6 Å². The Morgan fingerprint density at radius 1 is 0.838 bits per heavy atom. The summed E-state index contributed by atoms with van der Waals surface area (Å²) in [6.45, 7) is 8.13. The van der Waals surface area contributed by atoms with Gasteiger partial charge in [0.05, 0.1) is 32.4 Å². The number of nitrogens with one attached hydrogen (secondary N) is 1. The number of imidazole rings is 1. The topological polar surface area (TPSA) is 67.4 Å². The summed E-state index contributed by atoms with van der Waals surface area (Å²) in [6, 6.07) is 20.4. The summed E-state index contributed by atoms with van der Waals surface area (Å²) in [6.07, 6.45) is 3.28. The number of aromatic amines is 1. The number of H-pyrrole nitrogens is 1. The monoisotopic (exact) mass is 560 g/mol. The first kappa shape index (κ1) is 26.7. The Morgan fingerprint density at radius 3 is 1.92 bits per heavy atom. The van der Waals surface area contributed by atoms with E-state index in [2.05, 4.69) is 57.1 Å². The summed E-state index contributed by atoms with van der Waals surface area (Å²) < 4.78 is 11.8. The van der Waals surface area contributed by atoms with Crippen molar-refractivity contribution in [3.05, 3.63) is 100 Å². The zero-order valence-corrected chi connectivity index (χ0v) is 23.7. The van der Waals surface area contributed by atoms with E-state index in [1.165, 1.54) is 16.3 Å². The number of methoxy groups -OCH3 is 2. The number of aryl methyl sites for hydroxylation is 2. The van der Waals surface area contributed by atoms with E-state index in [0.29, 0.717) is 5.69 Å². The lowest BCUT2D eigenvalue weighted by molar-refractivity contribution is 0.0281. The predicted molar refractivity (Wildman–Crippen MR) is 155 cm³/mol. The maximum atomic E-state index is 11.4. The number of nitrogens with zero attached hydrogens (tertiary/aromatic N) is 1. The van der Waals surface area contributed by atoms with Crippen LogP contribution in [0.15, 0.2) is 77.7 Å². The van der Waals surface area contributed by atoms with Gasteiger partial charge in [0.1, 0.15) is 17.1 Å². The molecule has 1 aromatic heterocycles. The zero-order valence-electron chi connectivity index (χ0n) is 22.1. The minimum absolute atomic E-state index is 0.000236. The Hall–Kier alpha value is -3.35. The van der Waals surface area contributed by atoms with Crippen molar-refractivity contribution in [1.82, 2.24) is 9.97 Å². The lowest BCUT2D eigenvalue weighted by Crippen LogP contribution is -2.33. The number of ether oxygens (including phenoxy) is 2. The predicted octanol–water partition coefficient (Wildman–Crippen LogP) is 7.69. The molecule has 37 heavy (non-hydrogen) atoms. The van der Waals surface area contributed by atoms with Crippen LogP contribution in [0.25, 0.3) is 21.5 Å². The van der Waals surface area contributed by atoms with Gasteiger partial charge in [0.2, 0.25) is 0 Å². The number of hydrogen-bond acceptors (Lipinski definition) is 4. The fraction of sp³-hybridized carbons (Fsp3) is 0.258. The highest BCUT2D eigenvalue weighted by Crippen LogP contribution is 2.38. The van der Waals surface area contributed by atoms with Crippen LogP contribution < -0.4 is 9.47 Å². The van der Waals surface area contributed by atoms with E-state index in [0.717, 1.165) is 37.9 Å². The molecule has 1 unspecified atom stereocenters. The molecule has 0 bridgehead atoms. The second-order valence-corrected chi connectivity index (χ2v) is 10.4. The summed E-state index contributed by atoms with van der Waals surface area (Å²) in [5, 5.41) is 16.0. The van der Waals surface area contributed by atoms with Gasteiger partial charge in [-0.05, 0) is 88.3 Å². The van der Waals surface area contributed by atoms with Crippen molar-refractivity contribution in [3.63, 3.8) is 0 Å². The molecule has 5 aromatic rings. The zero-order chi connectivity index (χ0) is 26.7. The van der Waals surface area contributed by atoms with Crippen LogP contribution in [-0.4, -0.2) is 29.3 Å². The van der Waals surface area contributed by atoms with Gasteiger partial charge in [-0.1, -0.05) is 60.1 Å². The lowest BCUT2D eigenvalue weighted by Gasteiger charge is -2.32. The van der Waals surface area contributed by atoms with Crippen LogP contribution in [0.1, 0.15) is 36.2 Å².